The third-order valence-corrected chi connectivity index (χ3v) is 3.07. The van der Waals surface area contributed by atoms with E-state index in [-0.39, 0.29) is 23.4 Å². The Hall–Kier alpha value is -0.410. The van der Waals surface area contributed by atoms with Crippen LogP contribution >= 0.6 is 0 Å². The van der Waals surface area contributed by atoms with Crippen LogP contribution in [-0.2, 0) is 14.3 Å². The predicted molar refractivity (Wildman–Crippen MR) is 58.6 cm³/mol. The van der Waals surface area contributed by atoms with E-state index in [4.69, 9.17) is 9.47 Å². The molecule has 1 fully saturated rings. The molecule has 0 N–H and O–H groups in total. The van der Waals surface area contributed by atoms with Gasteiger partial charge in [-0.2, -0.15) is 0 Å². The van der Waals surface area contributed by atoms with Crippen molar-refractivity contribution in [3.8, 4) is 0 Å². The van der Waals surface area contributed by atoms with E-state index < -0.39 is 0 Å². The van der Waals surface area contributed by atoms with Crippen LogP contribution in [0.25, 0.3) is 0 Å². The maximum absolute atomic E-state index is 12.1. The second-order valence-electron chi connectivity index (χ2n) is 4.67. The zero-order valence-electron chi connectivity index (χ0n) is 10.2. The number of carbonyl (C=O) groups is 1. The van der Waals surface area contributed by atoms with E-state index in [1.165, 1.54) is 0 Å². The molecule has 15 heavy (non-hydrogen) atoms. The molecule has 0 bridgehead atoms. The lowest BCUT2D eigenvalue weighted by Gasteiger charge is -2.23. The SMILES string of the molecule is CCOC(OCC)C1CCC(C)(C)C1=O. The summed E-state index contributed by atoms with van der Waals surface area (Å²) in [7, 11) is 0. The first-order chi connectivity index (χ1) is 7.03. The molecule has 0 aromatic rings. The van der Waals surface area contributed by atoms with Crippen LogP contribution in [0.1, 0.15) is 40.5 Å². The fourth-order valence-electron chi connectivity index (χ4n) is 2.14. The highest BCUT2D eigenvalue weighted by Crippen LogP contribution is 2.39. The number of ketones is 1. The van der Waals surface area contributed by atoms with E-state index >= 15 is 0 Å². The number of rotatable bonds is 5. The molecular weight excluding hydrogens is 192 g/mol. The molecule has 0 heterocycles. The third kappa shape index (κ3) is 2.79. The Kier molecular flexibility index (Phi) is 4.29. The van der Waals surface area contributed by atoms with Gasteiger partial charge in [0, 0.05) is 18.6 Å². The van der Waals surface area contributed by atoms with Gasteiger partial charge in [0.1, 0.15) is 5.78 Å². The minimum atomic E-state index is -0.339. The van der Waals surface area contributed by atoms with Crippen molar-refractivity contribution < 1.29 is 14.3 Å². The Labute approximate surface area is 92.1 Å². The summed E-state index contributed by atoms with van der Waals surface area (Å²) in [6.07, 6.45) is 1.48. The zero-order valence-corrected chi connectivity index (χ0v) is 10.2. The standard InChI is InChI=1S/C12H22O3/c1-5-14-11(15-6-2)9-7-8-12(3,4)10(9)13/h9,11H,5-8H2,1-4H3. The summed E-state index contributed by atoms with van der Waals surface area (Å²) in [6.45, 7) is 9.05. The highest BCUT2D eigenvalue weighted by molar-refractivity contribution is 5.88. The van der Waals surface area contributed by atoms with E-state index in [1.807, 2.05) is 27.7 Å². The van der Waals surface area contributed by atoms with Gasteiger partial charge in [-0.15, -0.1) is 0 Å². The van der Waals surface area contributed by atoms with Crippen LogP contribution in [0.5, 0.6) is 0 Å². The number of hydrogen-bond acceptors (Lipinski definition) is 3. The first-order valence-electron chi connectivity index (χ1n) is 5.80. The lowest BCUT2D eigenvalue weighted by molar-refractivity contribution is -0.173. The second kappa shape index (κ2) is 5.08. The molecule has 1 atom stereocenters. The predicted octanol–water partition coefficient (Wildman–Crippen LogP) is 2.39. The first-order valence-corrected chi connectivity index (χ1v) is 5.80. The molecule has 1 aliphatic rings. The van der Waals surface area contributed by atoms with Crippen LogP contribution in [0.3, 0.4) is 0 Å². The lowest BCUT2D eigenvalue weighted by atomic mass is 9.89. The summed E-state index contributed by atoms with van der Waals surface area (Å²) in [6, 6.07) is 0. The van der Waals surface area contributed by atoms with Crippen molar-refractivity contribution in [3.05, 3.63) is 0 Å². The molecule has 1 unspecified atom stereocenters. The van der Waals surface area contributed by atoms with Crippen LogP contribution in [0, 0.1) is 11.3 Å². The smallest absolute Gasteiger partial charge is 0.167 e. The molecule has 0 aliphatic heterocycles. The molecule has 0 saturated heterocycles. The Morgan fingerprint density at radius 1 is 1.33 bits per heavy atom. The van der Waals surface area contributed by atoms with Crippen LogP contribution in [0.2, 0.25) is 0 Å². The molecule has 3 nitrogen and oxygen atoms in total. The lowest BCUT2D eigenvalue weighted by Crippen LogP contribution is -2.33. The maximum atomic E-state index is 12.1. The third-order valence-electron chi connectivity index (χ3n) is 3.07. The highest BCUT2D eigenvalue weighted by atomic mass is 16.7. The molecule has 0 aromatic heterocycles. The van der Waals surface area contributed by atoms with E-state index in [2.05, 4.69) is 0 Å². The zero-order chi connectivity index (χ0) is 11.5. The van der Waals surface area contributed by atoms with Gasteiger partial charge in [0.05, 0.1) is 5.92 Å². The summed E-state index contributed by atoms with van der Waals surface area (Å²) in [5.41, 5.74) is -0.197. The molecule has 0 amide bonds. The minimum absolute atomic E-state index is 0.0695. The average molecular weight is 214 g/mol. The molecule has 3 heteroatoms. The quantitative estimate of drug-likeness (QED) is 0.659. The number of hydrogen-bond donors (Lipinski definition) is 0. The minimum Gasteiger partial charge on any atom is -0.352 e. The molecule has 1 aliphatic carbocycles. The van der Waals surface area contributed by atoms with E-state index in [0.29, 0.717) is 13.2 Å². The fraction of sp³-hybridized carbons (Fsp3) is 0.917. The van der Waals surface area contributed by atoms with E-state index in [1.54, 1.807) is 0 Å². The van der Waals surface area contributed by atoms with Gasteiger partial charge in [-0.1, -0.05) is 13.8 Å². The Morgan fingerprint density at radius 2 is 1.87 bits per heavy atom. The van der Waals surface area contributed by atoms with Gasteiger partial charge in [-0.3, -0.25) is 4.79 Å². The van der Waals surface area contributed by atoms with Crippen molar-refractivity contribution in [3.63, 3.8) is 0 Å². The Balaban J connectivity index is 2.65. The van der Waals surface area contributed by atoms with Gasteiger partial charge < -0.3 is 9.47 Å². The van der Waals surface area contributed by atoms with Gasteiger partial charge in [0.15, 0.2) is 6.29 Å². The van der Waals surface area contributed by atoms with Gasteiger partial charge in [0.2, 0.25) is 0 Å². The van der Waals surface area contributed by atoms with Crippen molar-refractivity contribution in [1.29, 1.82) is 0 Å². The van der Waals surface area contributed by atoms with Crippen molar-refractivity contribution in [1.82, 2.24) is 0 Å². The Bertz CT molecular complexity index is 217. The summed E-state index contributed by atoms with van der Waals surface area (Å²) in [4.78, 5) is 12.1. The first kappa shape index (κ1) is 12.7. The van der Waals surface area contributed by atoms with Gasteiger partial charge in [0.25, 0.3) is 0 Å². The molecule has 0 radical (unpaired) electrons. The van der Waals surface area contributed by atoms with Gasteiger partial charge in [-0.25, -0.2) is 0 Å². The van der Waals surface area contributed by atoms with Gasteiger partial charge in [-0.05, 0) is 26.7 Å². The van der Waals surface area contributed by atoms with E-state index in [0.717, 1.165) is 12.8 Å². The summed E-state index contributed by atoms with van der Waals surface area (Å²) < 4.78 is 11.0. The van der Waals surface area contributed by atoms with Crippen molar-refractivity contribution in [2.45, 2.75) is 46.8 Å². The van der Waals surface area contributed by atoms with E-state index in [9.17, 15) is 4.79 Å². The topological polar surface area (TPSA) is 35.5 Å². The summed E-state index contributed by atoms with van der Waals surface area (Å²) >= 11 is 0. The van der Waals surface area contributed by atoms with Gasteiger partial charge >= 0.3 is 0 Å². The summed E-state index contributed by atoms with van der Waals surface area (Å²) in [5, 5.41) is 0. The summed E-state index contributed by atoms with van der Waals surface area (Å²) in [5.74, 6) is 0.217. The molecule has 0 aromatic carbocycles. The largest absolute Gasteiger partial charge is 0.352 e. The van der Waals surface area contributed by atoms with Crippen LogP contribution in [-0.4, -0.2) is 25.3 Å². The van der Waals surface area contributed by atoms with Crippen molar-refractivity contribution in [2.24, 2.45) is 11.3 Å². The number of Topliss-reactive ketones (excluding diaryl/α,β-unsaturated/α-hetero) is 1. The van der Waals surface area contributed by atoms with Crippen LogP contribution in [0.15, 0.2) is 0 Å². The molecule has 0 spiro atoms. The molecule has 88 valence electrons. The van der Waals surface area contributed by atoms with Crippen LogP contribution in [0.4, 0.5) is 0 Å². The van der Waals surface area contributed by atoms with Crippen molar-refractivity contribution >= 4 is 5.78 Å². The molecule has 1 rings (SSSR count). The van der Waals surface area contributed by atoms with Crippen LogP contribution < -0.4 is 0 Å². The normalized spacial score (nSPS) is 25.1. The van der Waals surface area contributed by atoms with Crippen molar-refractivity contribution in [2.75, 3.05) is 13.2 Å². The second-order valence-corrected chi connectivity index (χ2v) is 4.67. The monoisotopic (exact) mass is 214 g/mol. The Morgan fingerprint density at radius 3 is 2.20 bits per heavy atom. The maximum Gasteiger partial charge on any atom is 0.167 e. The number of carbonyl (C=O) groups excluding carboxylic acids is 1. The molecular formula is C12H22O3. The average Bonchev–Trinajstić information content (AvgIpc) is 2.43. The number of ether oxygens (including phenoxy) is 2. The molecule has 1 saturated carbocycles. The fourth-order valence-corrected chi connectivity index (χ4v) is 2.14. The highest BCUT2D eigenvalue weighted by Gasteiger charge is 2.44.